The number of piperidine rings is 1. The molecule has 1 aromatic heterocycles. The van der Waals surface area contributed by atoms with E-state index in [1.54, 1.807) is 11.0 Å². The van der Waals surface area contributed by atoms with Crippen molar-refractivity contribution in [2.24, 2.45) is 5.41 Å². The van der Waals surface area contributed by atoms with Gasteiger partial charge in [0.2, 0.25) is 5.91 Å². The first kappa shape index (κ1) is 21.0. The minimum absolute atomic E-state index is 0.0421. The number of likely N-dealkylation sites (tertiary alicyclic amines) is 1. The third-order valence-corrected chi connectivity index (χ3v) is 5.69. The van der Waals surface area contributed by atoms with Gasteiger partial charge in [-0.15, -0.1) is 0 Å². The molecule has 1 aromatic rings. The zero-order valence-electron chi connectivity index (χ0n) is 16.8. The van der Waals surface area contributed by atoms with Crippen LogP contribution in [0.1, 0.15) is 64.2 Å². The Morgan fingerprint density at radius 2 is 2.04 bits per heavy atom. The number of ether oxygens (including phenoxy) is 1. The Kier molecular flexibility index (Phi) is 5.67. The highest BCUT2D eigenvalue weighted by molar-refractivity contribution is 5.78. The summed E-state index contributed by atoms with van der Waals surface area (Å²) >= 11 is 0. The first-order valence-corrected chi connectivity index (χ1v) is 9.73. The van der Waals surface area contributed by atoms with Gasteiger partial charge in [-0.2, -0.15) is 18.3 Å². The van der Waals surface area contributed by atoms with Crippen LogP contribution in [0.25, 0.3) is 0 Å². The molecule has 3 heterocycles. The van der Waals surface area contributed by atoms with Crippen molar-refractivity contribution in [3.05, 3.63) is 11.8 Å². The maximum atomic E-state index is 13.8. The summed E-state index contributed by atoms with van der Waals surface area (Å²) in [6, 6.07) is -0.639. The largest absolute Gasteiger partial charge is 0.410 e. The van der Waals surface area contributed by atoms with Gasteiger partial charge in [0.25, 0.3) is 0 Å². The molecule has 28 heavy (non-hydrogen) atoms. The van der Waals surface area contributed by atoms with Crippen molar-refractivity contribution >= 4 is 11.7 Å². The number of methoxy groups -OCH3 is 1. The summed E-state index contributed by atoms with van der Waals surface area (Å²) < 4.78 is 47.3. The molecule has 1 unspecified atom stereocenters. The van der Waals surface area contributed by atoms with Gasteiger partial charge in [-0.25, -0.2) is 4.68 Å². The van der Waals surface area contributed by atoms with Gasteiger partial charge in [-0.3, -0.25) is 4.79 Å². The maximum Gasteiger partial charge on any atom is 0.410 e. The third kappa shape index (κ3) is 4.14. The van der Waals surface area contributed by atoms with Gasteiger partial charge in [0.05, 0.1) is 11.7 Å². The van der Waals surface area contributed by atoms with Crippen molar-refractivity contribution in [2.45, 2.75) is 70.8 Å². The zero-order valence-corrected chi connectivity index (χ0v) is 16.8. The summed E-state index contributed by atoms with van der Waals surface area (Å²) in [5.41, 5.74) is 0.181. The Labute approximate surface area is 163 Å². The lowest BCUT2D eigenvalue weighted by Gasteiger charge is -2.39. The molecule has 0 aromatic carbocycles. The van der Waals surface area contributed by atoms with E-state index in [4.69, 9.17) is 4.74 Å². The van der Waals surface area contributed by atoms with Gasteiger partial charge in [-0.05, 0) is 31.1 Å². The molecule has 1 saturated heterocycles. The fourth-order valence-corrected chi connectivity index (χ4v) is 4.07. The Morgan fingerprint density at radius 3 is 2.64 bits per heavy atom. The number of hydrogen-bond donors (Lipinski definition) is 1. The Balaban J connectivity index is 1.95. The number of amides is 1. The number of rotatable bonds is 3. The van der Waals surface area contributed by atoms with E-state index in [2.05, 4.69) is 10.4 Å². The monoisotopic (exact) mass is 402 g/mol. The number of hydrogen-bond acceptors (Lipinski definition) is 4. The van der Waals surface area contributed by atoms with Crippen LogP contribution >= 0.6 is 0 Å². The molecule has 0 radical (unpaired) electrons. The number of fused-ring (bicyclic) bond motifs is 1. The van der Waals surface area contributed by atoms with Crippen LogP contribution < -0.4 is 5.32 Å². The topological polar surface area (TPSA) is 59.4 Å². The van der Waals surface area contributed by atoms with E-state index in [1.807, 2.05) is 20.8 Å². The van der Waals surface area contributed by atoms with Gasteiger partial charge in [-0.1, -0.05) is 20.8 Å². The molecule has 6 nitrogen and oxygen atoms in total. The molecule has 3 atom stereocenters. The number of aromatic nitrogens is 2. The van der Waals surface area contributed by atoms with Gasteiger partial charge >= 0.3 is 6.18 Å². The van der Waals surface area contributed by atoms with Crippen molar-refractivity contribution in [1.82, 2.24) is 14.7 Å². The molecule has 2 aliphatic rings. The van der Waals surface area contributed by atoms with Crippen LogP contribution in [0.3, 0.4) is 0 Å². The van der Waals surface area contributed by atoms with Crippen molar-refractivity contribution in [2.75, 3.05) is 25.6 Å². The lowest BCUT2D eigenvalue weighted by molar-refractivity contribution is -0.175. The van der Waals surface area contributed by atoms with Crippen molar-refractivity contribution in [3.63, 3.8) is 0 Å². The van der Waals surface area contributed by atoms with Gasteiger partial charge in [0, 0.05) is 25.8 Å². The van der Waals surface area contributed by atoms with E-state index in [-0.39, 0.29) is 36.4 Å². The molecule has 3 rings (SSSR count). The van der Waals surface area contributed by atoms with Gasteiger partial charge in [0.15, 0.2) is 6.04 Å². The molecule has 1 fully saturated rings. The number of carbonyl (C=O) groups excluding carboxylic acids is 1. The summed E-state index contributed by atoms with van der Waals surface area (Å²) in [7, 11) is 1.46. The van der Waals surface area contributed by atoms with Gasteiger partial charge in [0.1, 0.15) is 12.4 Å². The molecule has 0 bridgehead atoms. The van der Waals surface area contributed by atoms with E-state index in [9.17, 15) is 18.0 Å². The fraction of sp³-hybridized carbons (Fsp3) is 0.789. The maximum absolute atomic E-state index is 13.8. The molecule has 9 heteroatoms. The Bertz CT molecular complexity index is 711. The molecule has 0 saturated carbocycles. The van der Waals surface area contributed by atoms with Crippen LogP contribution in [0, 0.1) is 5.41 Å². The molecule has 1 amide bonds. The second-order valence-corrected chi connectivity index (χ2v) is 8.79. The van der Waals surface area contributed by atoms with Crippen molar-refractivity contribution < 1.29 is 22.7 Å². The second kappa shape index (κ2) is 7.57. The van der Waals surface area contributed by atoms with E-state index in [0.717, 1.165) is 17.5 Å². The standard InChI is InChI=1S/C19H29F3N4O2/c1-18(2,3)14-10-15(19(20,21)22)26-16(23-14)9-12(24-26)13-7-5-6-8-25(13)17(27)11-28-4/h9,13-15,23H,5-8,10-11H2,1-4H3/t13?,14-,15+/m0/s1. The lowest BCUT2D eigenvalue weighted by atomic mass is 9.82. The number of nitrogens with one attached hydrogen (secondary N) is 1. The van der Waals surface area contributed by atoms with E-state index < -0.39 is 12.2 Å². The summed E-state index contributed by atoms with van der Waals surface area (Å²) in [6.45, 7) is 6.31. The summed E-state index contributed by atoms with van der Waals surface area (Å²) in [6.07, 6.45) is -2.00. The Morgan fingerprint density at radius 1 is 1.32 bits per heavy atom. The van der Waals surface area contributed by atoms with Crippen LogP contribution in [0.15, 0.2) is 6.07 Å². The normalized spacial score (nSPS) is 26.0. The first-order chi connectivity index (χ1) is 13.0. The lowest BCUT2D eigenvalue weighted by Crippen LogP contribution is -2.45. The third-order valence-electron chi connectivity index (χ3n) is 5.69. The number of carbonyl (C=O) groups is 1. The van der Waals surface area contributed by atoms with E-state index >= 15 is 0 Å². The van der Waals surface area contributed by atoms with E-state index in [0.29, 0.717) is 24.5 Å². The number of alkyl halides is 3. The average Bonchev–Trinajstić information content (AvgIpc) is 3.03. The molecule has 0 spiro atoms. The fourth-order valence-electron chi connectivity index (χ4n) is 4.07. The SMILES string of the molecule is COCC(=O)N1CCCCC1c1cc2n(n1)[C@@H](C(F)(F)F)C[C@@H](C(C)(C)C)N2. The second-order valence-electron chi connectivity index (χ2n) is 8.79. The molecule has 0 aliphatic carbocycles. The summed E-state index contributed by atoms with van der Waals surface area (Å²) in [5, 5.41) is 7.57. The highest BCUT2D eigenvalue weighted by Crippen LogP contribution is 2.44. The number of anilines is 1. The highest BCUT2D eigenvalue weighted by Gasteiger charge is 2.48. The first-order valence-electron chi connectivity index (χ1n) is 9.73. The van der Waals surface area contributed by atoms with Crippen LogP contribution in [-0.2, 0) is 9.53 Å². The van der Waals surface area contributed by atoms with Gasteiger partial charge < -0.3 is 15.0 Å². The van der Waals surface area contributed by atoms with Crippen molar-refractivity contribution in [1.29, 1.82) is 0 Å². The predicted octanol–water partition coefficient (Wildman–Crippen LogP) is 3.92. The Hall–Kier alpha value is -1.77. The molecule has 2 aliphatic heterocycles. The smallest absolute Gasteiger partial charge is 0.375 e. The van der Waals surface area contributed by atoms with Crippen LogP contribution in [0.4, 0.5) is 19.0 Å². The minimum atomic E-state index is -4.39. The molecular formula is C19H29F3N4O2. The van der Waals surface area contributed by atoms with Crippen LogP contribution in [0.5, 0.6) is 0 Å². The quantitative estimate of drug-likeness (QED) is 0.833. The number of halogens is 3. The number of nitrogens with zero attached hydrogens (tertiary/aromatic N) is 3. The van der Waals surface area contributed by atoms with E-state index in [1.165, 1.54) is 7.11 Å². The van der Waals surface area contributed by atoms with Crippen molar-refractivity contribution in [3.8, 4) is 0 Å². The average molecular weight is 402 g/mol. The summed E-state index contributed by atoms with van der Waals surface area (Å²) in [5.74, 6) is 0.208. The van der Waals surface area contributed by atoms with Crippen LogP contribution in [-0.4, -0.2) is 53.1 Å². The minimum Gasteiger partial charge on any atom is -0.375 e. The molecule has 1 N–H and O–H groups in total. The summed E-state index contributed by atoms with van der Waals surface area (Å²) in [4.78, 5) is 14.1. The zero-order chi connectivity index (χ0) is 20.7. The van der Waals surface area contributed by atoms with Crippen LogP contribution in [0.2, 0.25) is 0 Å². The highest BCUT2D eigenvalue weighted by atomic mass is 19.4. The predicted molar refractivity (Wildman–Crippen MR) is 99.0 cm³/mol. The molecule has 158 valence electrons. The molecular weight excluding hydrogens is 373 g/mol.